The van der Waals surface area contributed by atoms with Gasteiger partial charge in [-0.3, -0.25) is 4.79 Å². The summed E-state index contributed by atoms with van der Waals surface area (Å²) in [6, 6.07) is 10.6. The van der Waals surface area contributed by atoms with E-state index >= 15 is 0 Å². The number of halogens is 3. The Hall–Kier alpha value is -0.880. The smallest absolute Gasteiger partial charge is 0.186 e. The third-order valence-corrected chi connectivity index (χ3v) is 5.89. The predicted octanol–water partition coefficient (Wildman–Crippen LogP) is 4.41. The van der Waals surface area contributed by atoms with Crippen molar-refractivity contribution in [1.82, 2.24) is 0 Å². The highest BCUT2D eigenvalue weighted by atomic mass is 79.9. The first-order valence-electron chi connectivity index (χ1n) is 5.77. The molecule has 0 amide bonds. The summed E-state index contributed by atoms with van der Waals surface area (Å²) in [4.78, 5) is 12.2. The van der Waals surface area contributed by atoms with Gasteiger partial charge in [-0.25, -0.2) is 8.42 Å². The van der Waals surface area contributed by atoms with E-state index in [1.807, 2.05) is 0 Å². The molecule has 0 aliphatic rings. The van der Waals surface area contributed by atoms with Gasteiger partial charge in [-0.1, -0.05) is 35.3 Å². The minimum absolute atomic E-state index is 0.0726. The van der Waals surface area contributed by atoms with Crippen LogP contribution in [0, 0.1) is 0 Å². The van der Waals surface area contributed by atoms with Crippen molar-refractivity contribution in [3.8, 4) is 0 Å². The monoisotopic (exact) mass is 406 g/mol. The summed E-state index contributed by atoms with van der Waals surface area (Å²) in [6.45, 7) is 0. The maximum Gasteiger partial charge on any atom is 0.186 e. The third-order valence-electron chi connectivity index (χ3n) is 2.72. The topological polar surface area (TPSA) is 51.2 Å². The molecule has 0 aliphatic heterocycles. The van der Waals surface area contributed by atoms with E-state index in [-0.39, 0.29) is 15.5 Å². The standard InChI is InChI=1S/C14H9BrCl2O3S/c15-11-3-1-2-4-14(11)21(19,20)8-13(18)10-6-5-9(16)7-12(10)17/h1-7H,8H2. The lowest BCUT2D eigenvalue weighted by atomic mass is 10.1. The molecule has 2 aromatic carbocycles. The van der Waals surface area contributed by atoms with E-state index in [1.54, 1.807) is 18.2 Å². The predicted molar refractivity (Wildman–Crippen MR) is 87.0 cm³/mol. The van der Waals surface area contributed by atoms with Crippen molar-refractivity contribution in [2.24, 2.45) is 0 Å². The molecule has 0 saturated heterocycles. The Morgan fingerprint density at radius 2 is 1.76 bits per heavy atom. The third kappa shape index (κ3) is 3.86. The molecule has 0 N–H and O–H groups in total. The number of ketones is 1. The Balaban J connectivity index is 2.33. The van der Waals surface area contributed by atoms with Crippen LogP contribution in [0.1, 0.15) is 10.4 Å². The summed E-state index contributed by atoms with van der Waals surface area (Å²) in [5.74, 6) is -1.23. The van der Waals surface area contributed by atoms with E-state index < -0.39 is 21.4 Å². The Bertz CT molecular complexity index is 804. The molecule has 2 rings (SSSR count). The van der Waals surface area contributed by atoms with Gasteiger partial charge in [-0.15, -0.1) is 0 Å². The van der Waals surface area contributed by atoms with Gasteiger partial charge in [-0.05, 0) is 46.3 Å². The van der Waals surface area contributed by atoms with E-state index in [0.717, 1.165) is 0 Å². The maximum absolute atomic E-state index is 12.3. The Morgan fingerprint density at radius 3 is 2.38 bits per heavy atom. The van der Waals surface area contributed by atoms with Crippen molar-refractivity contribution >= 4 is 54.8 Å². The van der Waals surface area contributed by atoms with Gasteiger partial charge >= 0.3 is 0 Å². The zero-order valence-corrected chi connectivity index (χ0v) is 14.4. The van der Waals surface area contributed by atoms with E-state index in [0.29, 0.717) is 9.50 Å². The summed E-state index contributed by atoms with van der Waals surface area (Å²) >= 11 is 14.8. The van der Waals surface area contributed by atoms with Crippen LogP contribution in [0.3, 0.4) is 0 Å². The Morgan fingerprint density at radius 1 is 1.10 bits per heavy atom. The van der Waals surface area contributed by atoms with Crippen LogP contribution in [0.4, 0.5) is 0 Å². The summed E-state index contributed by atoms with van der Waals surface area (Å²) < 4.78 is 25.0. The lowest BCUT2D eigenvalue weighted by Crippen LogP contribution is -2.17. The molecule has 0 unspecified atom stereocenters. The van der Waals surface area contributed by atoms with Crippen molar-refractivity contribution in [3.63, 3.8) is 0 Å². The maximum atomic E-state index is 12.3. The molecule has 0 radical (unpaired) electrons. The van der Waals surface area contributed by atoms with E-state index in [2.05, 4.69) is 15.9 Å². The van der Waals surface area contributed by atoms with Gasteiger partial charge in [0.2, 0.25) is 0 Å². The molecule has 0 aromatic heterocycles. The van der Waals surface area contributed by atoms with Crippen molar-refractivity contribution in [1.29, 1.82) is 0 Å². The minimum atomic E-state index is -3.75. The quantitative estimate of drug-likeness (QED) is 0.705. The van der Waals surface area contributed by atoms with Crippen LogP contribution in [0.25, 0.3) is 0 Å². The van der Waals surface area contributed by atoms with Crippen molar-refractivity contribution in [2.75, 3.05) is 5.75 Å². The Labute approximate surface area is 140 Å². The molecule has 21 heavy (non-hydrogen) atoms. The number of benzene rings is 2. The first-order valence-corrected chi connectivity index (χ1v) is 8.97. The van der Waals surface area contributed by atoms with Crippen LogP contribution in [-0.2, 0) is 9.84 Å². The van der Waals surface area contributed by atoms with E-state index in [1.165, 1.54) is 24.3 Å². The molecule has 110 valence electrons. The summed E-state index contributed by atoms with van der Waals surface area (Å²) in [5, 5.41) is 0.514. The highest BCUT2D eigenvalue weighted by molar-refractivity contribution is 9.10. The highest BCUT2D eigenvalue weighted by Crippen LogP contribution is 2.25. The van der Waals surface area contributed by atoms with Gasteiger partial charge in [-0.2, -0.15) is 0 Å². The van der Waals surface area contributed by atoms with Crippen molar-refractivity contribution in [2.45, 2.75) is 4.90 Å². The van der Waals surface area contributed by atoms with Crippen LogP contribution in [0.15, 0.2) is 51.8 Å². The molecule has 0 fully saturated rings. The molecular weight excluding hydrogens is 399 g/mol. The Kier molecular flexibility index (Phi) is 5.09. The minimum Gasteiger partial charge on any atom is -0.293 e. The SMILES string of the molecule is O=C(CS(=O)(=O)c1ccccc1Br)c1ccc(Cl)cc1Cl. The molecule has 0 saturated carbocycles. The lowest BCUT2D eigenvalue weighted by molar-refractivity contribution is 0.102. The molecule has 7 heteroatoms. The molecule has 0 aliphatic carbocycles. The fourth-order valence-corrected chi connectivity index (χ4v) is 4.59. The molecule has 0 heterocycles. The van der Waals surface area contributed by atoms with Crippen LogP contribution in [0.2, 0.25) is 10.0 Å². The van der Waals surface area contributed by atoms with Gasteiger partial charge in [0.05, 0.1) is 9.92 Å². The number of carbonyl (C=O) groups excluding carboxylic acids is 1. The van der Waals surface area contributed by atoms with E-state index in [9.17, 15) is 13.2 Å². The van der Waals surface area contributed by atoms with Crippen molar-refractivity contribution in [3.05, 3.63) is 62.5 Å². The number of carbonyl (C=O) groups is 1. The first kappa shape index (κ1) is 16.5. The average molecular weight is 408 g/mol. The molecule has 0 spiro atoms. The van der Waals surface area contributed by atoms with Gasteiger partial charge in [0.15, 0.2) is 15.6 Å². The van der Waals surface area contributed by atoms with Crippen LogP contribution >= 0.6 is 39.1 Å². The second-order valence-electron chi connectivity index (χ2n) is 4.24. The summed E-state index contributed by atoms with van der Waals surface area (Å²) in [7, 11) is -3.75. The number of hydrogen-bond donors (Lipinski definition) is 0. The van der Waals surface area contributed by atoms with Gasteiger partial charge in [0.25, 0.3) is 0 Å². The lowest BCUT2D eigenvalue weighted by Gasteiger charge is -2.07. The number of hydrogen-bond acceptors (Lipinski definition) is 3. The van der Waals surface area contributed by atoms with Gasteiger partial charge in [0, 0.05) is 15.1 Å². The number of rotatable bonds is 4. The van der Waals surface area contributed by atoms with Crippen LogP contribution < -0.4 is 0 Å². The van der Waals surface area contributed by atoms with Crippen molar-refractivity contribution < 1.29 is 13.2 Å². The fraction of sp³-hybridized carbons (Fsp3) is 0.0714. The van der Waals surface area contributed by atoms with Crippen LogP contribution in [0.5, 0.6) is 0 Å². The zero-order valence-electron chi connectivity index (χ0n) is 10.5. The van der Waals surface area contributed by atoms with E-state index in [4.69, 9.17) is 23.2 Å². The summed E-state index contributed by atoms with van der Waals surface area (Å²) in [5.41, 5.74) is 0.136. The second kappa shape index (κ2) is 6.48. The van der Waals surface area contributed by atoms with Crippen LogP contribution in [-0.4, -0.2) is 20.0 Å². The second-order valence-corrected chi connectivity index (χ2v) is 7.89. The fourth-order valence-electron chi connectivity index (χ4n) is 1.74. The number of Topliss-reactive ketones (excluding diaryl/α,β-unsaturated/α-hetero) is 1. The summed E-state index contributed by atoms with van der Waals surface area (Å²) in [6.07, 6.45) is 0. The first-order chi connectivity index (χ1) is 9.81. The zero-order chi connectivity index (χ0) is 15.6. The molecule has 3 nitrogen and oxygen atoms in total. The normalized spacial score (nSPS) is 11.4. The van der Waals surface area contributed by atoms with Gasteiger partial charge < -0.3 is 0 Å². The largest absolute Gasteiger partial charge is 0.293 e. The molecule has 2 aromatic rings. The molecule has 0 atom stereocenters. The van der Waals surface area contributed by atoms with Gasteiger partial charge in [0.1, 0.15) is 5.75 Å². The number of sulfone groups is 1. The highest BCUT2D eigenvalue weighted by Gasteiger charge is 2.23. The molecule has 0 bridgehead atoms. The average Bonchev–Trinajstić information content (AvgIpc) is 2.38. The molecular formula is C14H9BrCl2O3S.